The van der Waals surface area contributed by atoms with Crippen LogP contribution >= 0.6 is 0 Å². The molecule has 0 aromatic rings. The van der Waals surface area contributed by atoms with Crippen molar-refractivity contribution in [1.82, 2.24) is 0 Å². The van der Waals surface area contributed by atoms with E-state index in [0.717, 1.165) is 12.8 Å². The summed E-state index contributed by atoms with van der Waals surface area (Å²) in [6.07, 6.45) is 7.88. The Morgan fingerprint density at radius 2 is 2.23 bits per heavy atom. The lowest BCUT2D eigenvalue weighted by Gasteiger charge is -2.27. The molecule has 0 aromatic heterocycles. The van der Waals surface area contributed by atoms with Crippen molar-refractivity contribution < 1.29 is 4.79 Å². The third-order valence-electron chi connectivity index (χ3n) is 3.98. The van der Waals surface area contributed by atoms with Gasteiger partial charge >= 0.3 is 0 Å². The summed E-state index contributed by atoms with van der Waals surface area (Å²) >= 11 is 0. The highest BCUT2D eigenvalue weighted by Gasteiger charge is 2.44. The lowest BCUT2D eigenvalue weighted by atomic mass is 9.75. The summed E-state index contributed by atoms with van der Waals surface area (Å²) in [5.41, 5.74) is 1.28. The summed E-state index contributed by atoms with van der Waals surface area (Å²) in [7, 11) is 0. The Labute approximate surface area is 80.2 Å². The normalized spacial score (nSPS) is 39.7. The van der Waals surface area contributed by atoms with Crippen LogP contribution in [0.25, 0.3) is 0 Å². The van der Waals surface area contributed by atoms with E-state index in [2.05, 4.69) is 13.8 Å². The van der Waals surface area contributed by atoms with E-state index in [4.69, 9.17) is 0 Å². The zero-order valence-electron chi connectivity index (χ0n) is 8.60. The molecule has 1 nitrogen and oxygen atoms in total. The summed E-state index contributed by atoms with van der Waals surface area (Å²) < 4.78 is 0. The molecule has 0 bridgehead atoms. The Kier molecular flexibility index (Phi) is 2.05. The van der Waals surface area contributed by atoms with Crippen LogP contribution in [0.2, 0.25) is 0 Å². The van der Waals surface area contributed by atoms with Gasteiger partial charge in [-0.15, -0.1) is 0 Å². The SMILES string of the molecule is CC1=CC(=O)[C@@]2(C)CCC[C@@H]2CC1. The maximum atomic E-state index is 12.0. The number of allylic oxidation sites excluding steroid dienone is 2. The highest BCUT2D eigenvalue weighted by Crippen LogP contribution is 2.48. The van der Waals surface area contributed by atoms with Gasteiger partial charge in [-0.05, 0) is 44.6 Å². The van der Waals surface area contributed by atoms with Gasteiger partial charge in [0.25, 0.3) is 0 Å². The number of fused-ring (bicyclic) bond motifs is 1. The Hall–Kier alpha value is -0.590. The van der Waals surface area contributed by atoms with Gasteiger partial charge < -0.3 is 0 Å². The highest BCUT2D eigenvalue weighted by atomic mass is 16.1. The van der Waals surface area contributed by atoms with Crippen molar-refractivity contribution in [3.05, 3.63) is 11.6 Å². The fraction of sp³-hybridized carbons (Fsp3) is 0.750. The Morgan fingerprint density at radius 1 is 1.46 bits per heavy atom. The molecule has 1 fully saturated rings. The van der Waals surface area contributed by atoms with Crippen LogP contribution in [0.15, 0.2) is 11.6 Å². The molecule has 0 amide bonds. The summed E-state index contributed by atoms with van der Waals surface area (Å²) in [5.74, 6) is 1.05. The summed E-state index contributed by atoms with van der Waals surface area (Å²) in [6.45, 7) is 4.25. The average molecular weight is 178 g/mol. The van der Waals surface area contributed by atoms with Crippen molar-refractivity contribution in [1.29, 1.82) is 0 Å². The summed E-state index contributed by atoms with van der Waals surface area (Å²) in [4.78, 5) is 12.0. The van der Waals surface area contributed by atoms with Crippen LogP contribution in [-0.4, -0.2) is 5.78 Å². The third kappa shape index (κ3) is 1.34. The maximum Gasteiger partial charge on any atom is 0.161 e. The molecule has 72 valence electrons. The average Bonchev–Trinajstić information content (AvgIpc) is 2.41. The van der Waals surface area contributed by atoms with Crippen molar-refractivity contribution in [2.75, 3.05) is 0 Å². The van der Waals surface area contributed by atoms with Crippen molar-refractivity contribution in [3.8, 4) is 0 Å². The van der Waals surface area contributed by atoms with Gasteiger partial charge in [-0.2, -0.15) is 0 Å². The number of ketones is 1. The molecule has 2 atom stereocenters. The van der Waals surface area contributed by atoms with Gasteiger partial charge in [0.1, 0.15) is 0 Å². The Balaban J connectivity index is 2.32. The molecule has 0 aromatic carbocycles. The van der Waals surface area contributed by atoms with E-state index in [-0.39, 0.29) is 5.41 Å². The molecule has 0 heterocycles. The largest absolute Gasteiger partial charge is 0.294 e. The highest BCUT2D eigenvalue weighted by molar-refractivity contribution is 5.95. The lowest BCUT2D eigenvalue weighted by molar-refractivity contribution is -0.124. The van der Waals surface area contributed by atoms with Crippen LogP contribution in [0.5, 0.6) is 0 Å². The summed E-state index contributed by atoms with van der Waals surface area (Å²) in [5, 5.41) is 0. The second-order valence-electron chi connectivity index (χ2n) is 4.90. The third-order valence-corrected chi connectivity index (χ3v) is 3.98. The molecule has 13 heavy (non-hydrogen) atoms. The standard InChI is InChI=1S/C12H18O/c1-9-5-6-10-4-3-7-12(10,2)11(13)8-9/h8,10H,3-7H2,1-2H3/t10-,12+/m1/s1. The predicted molar refractivity (Wildman–Crippen MR) is 53.4 cm³/mol. The van der Waals surface area contributed by atoms with Crippen LogP contribution in [-0.2, 0) is 4.79 Å². The number of carbonyl (C=O) groups is 1. The molecule has 2 aliphatic rings. The van der Waals surface area contributed by atoms with Gasteiger partial charge in [-0.3, -0.25) is 4.79 Å². The number of rotatable bonds is 0. The molecule has 0 aliphatic heterocycles. The van der Waals surface area contributed by atoms with E-state index in [1.807, 2.05) is 6.08 Å². The van der Waals surface area contributed by atoms with E-state index in [9.17, 15) is 4.79 Å². The molecule has 1 heteroatoms. The molecule has 0 unspecified atom stereocenters. The second kappa shape index (κ2) is 2.97. The second-order valence-corrected chi connectivity index (χ2v) is 4.90. The first-order valence-corrected chi connectivity index (χ1v) is 5.34. The number of carbonyl (C=O) groups excluding carboxylic acids is 1. The van der Waals surface area contributed by atoms with E-state index >= 15 is 0 Å². The molecular formula is C12H18O. The minimum absolute atomic E-state index is 0.00222. The van der Waals surface area contributed by atoms with E-state index < -0.39 is 0 Å². The molecule has 0 saturated heterocycles. The van der Waals surface area contributed by atoms with Gasteiger partial charge in [0.2, 0.25) is 0 Å². The molecule has 2 aliphatic carbocycles. The molecule has 0 N–H and O–H groups in total. The van der Waals surface area contributed by atoms with E-state index in [0.29, 0.717) is 11.7 Å². The smallest absolute Gasteiger partial charge is 0.161 e. The van der Waals surface area contributed by atoms with Crippen molar-refractivity contribution in [2.24, 2.45) is 11.3 Å². The molecule has 1 saturated carbocycles. The maximum absolute atomic E-state index is 12.0. The van der Waals surface area contributed by atoms with Gasteiger partial charge in [0.05, 0.1) is 0 Å². The van der Waals surface area contributed by atoms with Crippen molar-refractivity contribution in [2.45, 2.75) is 46.0 Å². The quantitative estimate of drug-likeness (QED) is 0.557. The summed E-state index contributed by atoms with van der Waals surface area (Å²) in [6, 6.07) is 0. The first-order chi connectivity index (χ1) is 6.13. The van der Waals surface area contributed by atoms with Crippen molar-refractivity contribution in [3.63, 3.8) is 0 Å². The van der Waals surface area contributed by atoms with Crippen molar-refractivity contribution >= 4 is 5.78 Å². The Morgan fingerprint density at radius 3 is 3.00 bits per heavy atom. The molecular weight excluding hydrogens is 160 g/mol. The van der Waals surface area contributed by atoms with Crippen LogP contribution in [0.3, 0.4) is 0 Å². The molecule has 0 spiro atoms. The van der Waals surface area contributed by atoms with Gasteiger partial charge in [-0.1, -0.05) is 18.9 Å². The zero-order valence-corrected chi connectivity index (χ0v) is 8.60. The monoisotopic (exact) mass is 178 g/mol. The predicted octanol–water partition coefficient (Wildman–Crippen LogP) is 3.10. The van der Waals surface area contributed by atoms with Crippen LogP contribution in [0.4, 0.5) is 0 Å². The zero-order chi connectivity index (χ0) is 9.47. The number of hydrogen-bond donors (Lipinski definition) is 0. The fourth-order valence-electron chi connectivity index (χ4n) is 2.89. The minimum atomic E-state index is -0.00222. The molecule has 2 rings (SSSR count). The van der Waals surface area contributed by atoms with E-state index in [1.54, 1.807) is 0 Å². The van der Waals surface area contributed by atoms with Crippen LogP contribution in [0, 0.1) is 11.3 Å². The fourth-order valence-corrected chi connectivity index (χ4v) is 2.89. The first-order valence-electron chi connectivity index (χ1n) is 5.34. The topological polar surface area (TPSA) is 17.1 Å². The van der Waals surface area contributed by atoms with Gasteiger partial charge in [0, 0.05) is 5.41 Å². The first kappa shape index (κ1) is 8.98. The lowest BCUT2D eigenvalue weighted by Crippen LogP contribution is -2.29. The minimum Gasteiger partial charge on any atom is -0.294 e. The van der Waals surface area contributed by atoms with E-state index in [1.165, 1.54) is 24.8 Å². The van der Waals surface area contributed by atoms with Crippen LogP contribution in [0.1, 0.15) is 46.0 Å². The van der Waals surface area contributed by atoms with Crippen LogP contribution < -0.4 is 0 Å². The van der Waals surface area contributed by atoms with Gasteiger partial charge in [-0.25, -0.2) is 0 Å². The number of hydrogen-bond acceptors (Lipinski definition) is 1. The van der Waals surface area contributed by atoms with Gasteiger partial charge in [0.15, 0.2) is 5.78 Å². The molecule has 0 radical (unpaired) electrons. The Bertz CT molecular complexity index is 264.